The highest BCUT2D eigenvalue weighted by molar-refractivity contribution is 5.94. The van der Waals surface area contributed by atoms with Crippen LogP contribution in [0.2, 0.25) is 0 Å². The molecule has 0 aliphatic heterocycles. The van der Waals surface area contributed by atoms with Crippen LogP contribution in [0.15, 0.2) is 48.5 Å². The van der Waals surface area contributed by atoms with Crippen LogP contribution >= 0.6 is 0 Å². The van der Waals surface area contributed by atoms with E-state index >= 15 is 0 Å². The van der Waals surface area contributed by atoms with E-state index in [0.717, 1.165) is 5.56 Å². The fraction of sp³-hybridized carbons (Fsp3) is 0.375. The minimum Gasteiger partial charge on any atom is -0.489 e. The van der Waals surface area contributed by atoms with Crippen LogP contribution in [0.5, 0.6) is 5.75 Å². The van der Waals surface area contributed by atoms with E-state index in [2.05, 4.69) is 16.7 Å². The number of carbonyl (C=O) groups is 2. The maximum atomic E-state index is 12.6. The molecule has 7 nitrogen and oxygen atoms in total. The number of rotatable bonds is 10. The van der Waals surface area contributed by atoms with Crippen LogP contribution in [0.1, 0.15) is 48.7 Å². The summed E-state index contributed by atoms with van der Waals surface area (Å²) < 4.78 is 10.7. The zero-order valence-corrected chi connectivity index (χ0v) is 18.2. The number of ether oxygens (including phenoxy) is 2. The van der Waals surface area contributed by atoms with E-state index < -0.39 is 6.09 Å². The Labute approximate surface area is 183 Å². The molecule has 0 bridgehead atoms. The second-order valence-electron chi connectivity index (χ2n) is 7.49. The van der Waals surface area contributed by atoms with Gasteiger partial charge in [0.05, 0.1) is 18.2 Å². The van der Waals surface area contributed by atoms with Crippen molar-refractivity contribution in [2.45, 2.75) is 39.8 Å². The van der Waals surface area contributed by atoms with Crippen LogP contribution in [0.4, 0.5) is 4.79 Å². The predicted octanol–water partition coefficient (Wildman–Crippen LogP) is 4.03. The maximum absolute atomic E-state index is 12.6. The van der Waals surface area contributed by atoms with Crippen LogP contribution in [0.25, 0.3) is 0 Å². The summed E-state index contributed by atoms with van der Waals surface area (Å²) in [5.41, 5.74) is 1.79. The Morgan fingerprint density at radius 3 is 2.61 bits per heavy atom. The van der Waals surface area contributed by atoms with E-state index in [1.807, 2.05) is 26.0 Å². The van der Waals surface area contributed by atoms with Gasteiger partial charge < -0.3 is 20.1 Å². The minimum absolute atomic E-state index is 0.231. The lowest BCUT2D eigenvalue weighted by molar-refractivity contribution is 0.0944. The summed E-state index contributed by atoms with van der Waals surface area (Å²) >= 11 is 0. The van der Waals surface area contributed by atoms with E-state index in [1.165, 1.54) is 0 Å². The Hall–Kier alpha value is -3.53. The predicted molar refractivity (Wildman–Crippen MR) is 118 cm³/mol. The van der Waals surface area contributed by atoms with Gasteiger partial charge in [0, 0.05) is 23.7 Å². The molecule has 2 rings (SSSR count). The van der Waals surface area contributed by atoms with Crippen LogP contribution in [0, 0.1) is 17.2 Å². The van der Waals surface area contributed by atoms with E-state index in [9.17, 15) is 14.9 Å². The summed E-state index contributed by atoms with van der Waals surface area (Å²) in [6.07, 6.45) is 0.219. The molecule has 0 aliphatic carbocycles. The lowest BCUT2D eigenvalue weighted by Gasteiger charge is -2.21. The topological polar surface area (TPSA) is 100 Å². The number of benzene rings is 2. The number of alkyl carbamates (subject to hydrolysis) is 1. The van der Waals surface area contributed by atoms with Crippen molar-refractivity contribution in [2.24, 2.45) is 5.92 Å². The molecule has 164 valence electrons. The Balaban J connectivity index is 1.96. The molecule has 0 radical (unpaired) electrons. The molecule has 1 unspecified atom stereocenters. The highest BCUT2D eigenvalue weighted by Crippen LogP contribution is 2.17. The summed E-state index contributed by atoms with van der Waals surface area (Å²) in [6, 6.07) is 16.0. The zero-order chi connectivity index (χ0) is 22.6. The molecule has 2 amide bonds. The average molecular weight is 424 g/mol. The fourth-order valence-electron chi connectivity index (χ4n) is 3.06. The molecule has 31 heavy (non-hydrogen) atoms. The van der Waals surface area contributed by atoms with Gasteiger partial charge in [-0.3, -0.25) is 4.79 Å². The normalized spacial score (nSPS) is 11.3. The zero-order valence-electron chi connectivity index (χ0n) is 18.2. The summed E-state index contributed by atoms with van der Waals surface area (Å²) in [5, 5.41) is 14.8. The van der Waals surface area contributed by atoms with E-state index in [0.29, 0.717) is 29.2 Å². The third-order valence-corrected chi connectivity index (χ3v) is 4.49. The van der Waals surface area contributed by atoms with Gasteiger partial charge in [0.15, 0.2) is 0 Å². The third kappa shape index (κ3) is 8.01. The first-order chi connectivity index (χ1) is 14.9. The van der Waals surface area contributed by atoms with E-state index in [-0.39, 0.29) is 31.7 Å². The Morgan fingerprint density at radius 2 is 1.90 bits per heavy atom. The molecule has 0 heterocycles. The van der Waals surface area contributed by atoms with Gasteiger partial charge in [0.2, 0.25) is 0 Å². The number of nitrogens with one attached hydrogen (secondary N) is 2. The lowest BCUT2D eigenvalue weighted by Crippen LogP contribution is -2.44. The first-order valence-corrected chi connectivity index (χ1v) is 10.3. The van der Waals surface area contributed by atoms with Crippen molar-refractivity contribution in [3.63, 3.8) is 0 Å². The molecule has 2 N–H and O–H groups in total. The van der Waals surface area contributed by atoms with Crippen molar-refractivity contribution in [1.29, 1.82) is 5.26 Å². The van der Waals surface area contributed by atoms with Crippen LogP contribution < -0.4 is 15.4 Å². The van der Waals surface area contributed by atoms with Gasteiger partial charge in [0.25, 0.3) is 5.91 Å². The highest BCUT2D eigenvalue weighted by atomic mass is 16.5. The number of nitrogens with zero attached hydrogens (tertiary/aromatic N) is 1. The van der Waals surface area contributed by atoms with Crippen molar-refractivity contribution >= 4 is 12.0 Å². The molecule has 0 aliphatic rings. The third-order valence-electron chi connectivity index (χ3n) is 4.49. The second kappa shape index (κ2) is 12.2. The monoisotopic (exact) mass is 423 g/mol. The van der Waals surface area contributed by atoms with Gasteiger partial charge in [-0.1, -0.05) is 38.1 Å². The Morgan fingerprint density at radius 1 is 1.13 bits per heavy atom. The molecule has 0 saturated heterocycles. The van der Waals surface area contributed by atoms with Crippen molar-refractivity contribution in [3.8, 4) is 11.8 Å². The fourth-order valence-corrected chi connectivity index (χ4v) is 3.06. The average Bonchev–Trinajstić information content (AvgIpc) is 2.76. The van der Waals surface area contributed by atoms with Gasteiger partial charge in [-0.05, 0) is 43.5 Å². The van der Waals surface area contributed by atoms with Crippen molar-refractivity contribution in [2.75, 3.05) is 13.2 Å². The molecule has 0 spiro atoms. The summed E-state index contributed by atoms with van der Waals surface area (Å²) in [6.45, 7) is 6.65. The highest BCUT2D eigenvalue weighted by Gasteiger charge is 2.16. The van der Waals surface area contributed by atoms with Crippen molar-refractivity contribution in [1.82, 2.24) is 10.6 Å². The lowest BCUT2D eigenvalue weighted by atomic mass is 10.0. The van der Waals surface area contributed by atoms with E-state index in [4.69, 9.17) is 9.47 Å². The second-order valence-corrected chi connectivity index (χ2v) is 7.49. The van der Waals surface area contributed by atoms with Crippen molar-refractivity contribution < 1.29 is 19.1 Å². The first kappa shape index (κ1) is 23.7. The van der Waals surface area contributed by atoms with Gasteiger partial charge in [0.1, 0.15) is 12.4 Å². The molecule has 0 saturated carbocycles. The number of carbonyl (C=O) groups excluding carboxylic acids is 2. The smallest absolute Gasteiger partial charge is 0.407 e. The van der Waals surface area contributed by atoms with Gasteiger partial charge in [-0.2, -0.15) is 5.26 Å². The van der Waals surface area contributed by atoms with Gasteiger partial charge >= 0.3 is 6.09 Å². The molecule has 7 heteroatoms. The van der Waals surface area contributed by atoms with Crippen LogP contribution in [-0.2, 0) is 11.3 Å². The molecular weight excluding hydrogens is 394 g/mol. The molecular formula is C24H29N3O4. The molecule has 1 atom stereocenters. The SMILES string of the molecule is CCOC(=O)NC(CNC(=O)c1cccc(OCc2ccccc2C#N)c1)CC(C)C. The van der Waals surface area contributed by atoms with E-state index in [1.54, 1.807) is 43.3 Å². The number of amides is 2. The standard InChI is InChI=1S/C24H29N3O4/c1-4-30-24(29)27-21(12-17(2)3)15-26-23(28)18-10-7-11-22(13-18)31-16-20-9-6-5-8-19(20)14-25/h5-11,13,17,21H,4,12,15-16H2,1-3H3,(H,26,28)(H,27,29). The van der Waals surface area contributed by atoms with Gasteiger partial charge in [-0.15, -0.1) is 0 Å². The maximum Gasteiger partial charge on any atom is 0.407 e. The van der Waals surface area contributed by atoms with Gasteiger partial charge in [-0.25, -0.2) is 4.79 Å². The first-order valence-electron chi connectivity index (χ1n) is 10.3. The number of hydrogen-bond donors (Lipinski definition) is 2. The van der Waals surface area contributed by atoms with Crippen molar-refractivity contribution in [3.05, 3.63) is 65.2 Å². The van der Waals surface area contributed by atoms with Crippen LogP contribution in [-0.4, -0.2) is 31.2 Å². The Kier molecular flexibility index (Phi) is 9.37. The quantitative estimate of drug-likeness (QED) is 0.601. The number of hydrogen-bond acceptors (Lipinski definition) is 5. The molecule has 0 fully saturated rings. The molecule has 2 aromatic carbocycles. The largest absolute Gasteiger partial charge is 0.489 e. The summed E-state index contributed by atoms with van der Waals surface area (Å²) in [5.74, 6) is 0.614. The number of nitriles is 1. The van der Waals surface area contributed by atoms with Crippen LogP contribution in [0.3, 0.4) is 0 Å². The Bertz CT molecular complexity index is 921. The molecule has 0 aromatic heterocycles. The minimum atomic E-state index is -0.490. The molecule has 2 aromatic rings. The summed E-state index contributed by atoms with van der Waals surface area (Å²) in [4.78, 5) is 24.4. The summed E-state index contributed by atoms with van der Waals surface area (Å²) in [7, 11) is 0.